The first kappa shape index (κ1) is 16.3. The zero-order valence-electron chi connectivity index (χ0n) is 13.0. The maximum absolute atomic E-state index is 11.8. The summed E-state index contributed by atoms with van der Waals surface area (Å²) in [5.41, 5.74) is 5.50. The zero-order valence-corrected chi connectivity index (χ0v) is 13.0. The van der Waals surface area contributed by atoms with E-state index in [0.717, 1.165) is 6.42 Å². The lowest BCUT2D eigenvalue weighted by Gasteiger charge is -2.19. The standard InChI is InChI=1S/C14H26N4O2/c1-9(2)8-18-11(15)10(12(19)17-13(18)20)16-7-6-14(3,4)5/h9,16H,6-8,15H2,1-5H3,(H,17,19,20). The van der Waals surface area contributed by atoms with Crippen molar-refractivity contribution in [3.63, 3.8) is 0 Å². The molecule has 0 fully saturated rings. The molecule has 0 atom stereocenters. The van der Waals surface area contributed by atoms with Crippen molar-refractivity contribution in [2.45, 2.75) is 47.6 Å². The summed E-state index contributed by atoms with van der Waals surface area (Å²) in [6.45, 7) is 11.5. The molecule has 1 aromatic rings. The fourth-order valence-corrected chi connectivity index (χ4v) is 1.87. The molecule has 0 amide bonds. The first-order valence-electron chi connectivity index (χ1n) is 6.98. The molecule has 0 aliphatic heterocycles. The van der Waals surface area contributed by atoms with Gasteiger partial charge in [-0.05, 0) is 17.8 Å². The average molecular weight is 282 g/mol. The molecule has 0 spiro atoms. The molecule has 0 saturated carbocycles. The number of hydrogen-bond acceptors (Lipinski definition) is 4. The van der Waals surface area contributed by atoms with Gasteiger partial charge in [0.15, 0.2) is 0 Å². The molecule has 0 aliphatic carbocycles. The maximum atomic E-state index is 11.8. The van der Waals surface area contributed by atoms with Gasteiger partial charge in [-0.15, -0.1) is 0 Å². The summed E-state index contributed by atoms with van der Waals surface area (Å²) >= 11 is 0. The van der Waals surface area contributed by atoms with Crippen molar-refractivity contribution in [1.29, 1.82) is 0 Å². The van der Waals surface area contributed by atoms with Gasteiger partial charge in [0.25, 0.3) is 5.56 Å². The summed E-state index contributed by atoms with van der Waals surface area (Å²) < 4.78 is 1.41. The van der Waals surface area contributed by atoms with Gasteiger partial charge >= 0.3 is 5.69 Å². The average Bonchev–Trinajstić information content (AvgIpc) is 2.27. The van der Waals surface area contributed by atoms with Crippen LogP contribution < -0.4 is 22.3 Å². The quantitative estimate of drug-likeness (QED) is 0.765. The third-order valence-electron chi connectivity index (χ3n) is 2.96. The number of rotatable bonds is 5. The van der Waals surface area contributed by atoms with Gasteiger partial charge in [0.1, 0.15) is 11.5 Å². The molecule has 0 aliphatic rings. The molecular formula is C14H26N4O2. The summed E-state index contributed by atoms with van der Waals surface area (Å²) in [4.78, 5) is 25.9. The van der Waals surface area contributed by atoms with Crippen molar-refractivity contribution in [2.24, 2.45) is 11.3 Å². The molecule has 1 rings (SSSR count). The molecular weight excluding hydrogens is 256 g/mol. The fraction of sp³-hybridized carbons (Fsp3) is 0.714. The van der Waals surface area contributed by atoms with E-state index in [1.807, 2.05) is 13.8 Å². The van der Waals surface area contributed by atoms with Crippen LogP contribution in [0.25, 0.3) is 0 Å². The Balaban J connectivity index is 3.02. The van der Waals surface area contributed by atoms with Crippen LogP contribution in [-0.2, 0) is 6.54 Å². The number of nitrogen functional groups attached to an aromatic ring is 1. The van der Waals surface area contributed by atoms with Crippen molar-refractivity contribution in [1.82, 2.24) is 9.55 Å². The molecule has 114 valence electrons. The molecule has 1 heterocycles. The molecule has 6 heteroatoms. The summed E-state index contributed by atoms with van der Waals surface area (Å²) in [6, 6.07) is 0. The van der Waals surface area contributed by atoms with Gasteiger partial charge < -0.3 is 11.1 Å². The van der Waals surface area contributed by atoms with Gasteiger partial charge in [-0.25, -0.2) is 4.79 Å². The Morgan fingerprint density at radius 2 is 1.90 bits per heavy atom. The van der Waals surface area contributed by atoms with Gasteiger partial charge in [0, 0.05) is 13.1 Å². The number of anilines is 2. The van der Waals surface area contributed by atoms with Crippen LogP contribution in [0.2, 0.25) is 0 Å². The predicted molar refractivity (Wildman–Crippen MR) is 83.1 cm³/mol. The minimum atomic E-state index is -0.457. The normalized spacial score (nSPS) is 11.9. The summed E-state index contributed by atoms with van der Waals surface area (Å²) in [6.07, 6.45) is 0.898. The number of H-pyrrole nitrogens is 1. The Bertz CT molecular complexity index is 564. The van der Waals surface area contributed by atoms with Crippen LogP contribution in [0.1, 0.15) is 41.0 Å². The first-order valence-corrected chi connectivity index (χ1v) is 6.98. The van der Waals surface area contributed by atoms with Gasteiger partial charge in [-0.1, -0.05) is 34.6 Å². The third-order valence-corrected chi connectivity index (χ3v) is 2.96. The predicted octanol–water partition coefficient (Wildman–Crippen LogP) is 1.62. The molecule has 6 nitrogen and oxygen atoms in total. The van der Waals surface area contributed by atoms with Crippen LogP contribution in [-0.4, -0.2) is 16.1 Å². The Morgan fingerprint density at radius 1 is 1.30 bits per heavy atom. The van der Waals surface area contributed by atoms with Gasteiger partial charge in [0.2, 0.25) is 0 Å². The Kier molecular flexibility index (Phi) is 5.03. The highest BCUT2D eigenvalue weighted by atomic mass is 16.2. The van der Waals surface area contributed by atoms with Crippen molar-refractivity contribution in [3.8, 4) is 0 Å². The van der Waals surface area contributed by atoms with E-state index >= 15 is 0 Å². The van der Waals surface area contributed by atoms with E-state index in [4.69, 9.17) is 5.73 Å². The van der Waals surface area contributed by atoms with Crippen LogP contribution in [0.3, 0.4) is 0 Å². The van der Waals surface area contributed by atoms with E-state index < -0.39 is 11.2 Å². The third kappa shape index (κ3) is 4.43. The molecule has 1 aromatic heterocycles. The van der Waals surface area contributed by atoms with E-state index in [1.165, 1.54) is 4.57 Å². The highest BCUT2D eigenvalue weighted by Gasteiger charge is 2.14. The SMILES string of the molecule is CC(C)Cn1c(N)c(NCCC(C)(C)C)c(=O)[nH]c1=O. The summed E-state index contributed by atoms with van der Waals surface area (Å²) in [5, 5.41) is 3.05. The maximum Gasteiger partial charge on any atom is 0.330 e. The van der Waals surface area contributed by atoms with Crippen LogP contribution in [0.4, 0.5) is 11.5 Å². The second-order valence-corrected chi connectivity index (χ2v) is 6.76. The molecule has 0 radical (unpaired) electrons. The van der Waals surface area contributed by atoms with Crippen molar-refractivity contribution < 1.29 is 0 Å². The smallest absolute Gasteiger partial charge is 0.330 e. The second kappa shape index (κ2) is 6.15. The fourth-order valence-electron chi connectivity index (χ4n) is 1.87. The van der Waals surface area contributed by atoms with Gasteiger partial charge in [0.05, 0.1) is 0 Å². The lowest BCUT2D eigenvalue weighted by molar-refractivity contribution is 0.389. The van der Waals surface area contributed by atoms with Crippen molar-refractivity contribution >= 4 is 11.5 Å². The van der Waals surface area contributed by atoms with E-state index in [2.05, 4.69) is 31.1 Å². The van der Waals surface area contributed by atoms with Crippen LogP contribution in [0, 0.1) is 11.3 Å². The number of hydrogen-bond donors (Lipinski definition) is 3. The summed E-state index contributed by atoms with van der Waals surface area (Å²) in [5.74, 6) is 0.477. The molecule has 4 N–H and O–H groups in total. The highest BCUT2D eigenvalue weighted by Crippen LogP contribution is 2.19. The number of aromatic nitrogens is 2. The topological polar surface area (TPSA) is 92.9 Å². The van der Waals surface area contributed by atoms with Crippen LogP contribution in [0.5, 0.6) is 0 Å². The van der Waals surface area contributed by atoms with Crippen molar-refractivity contribution in [3.05, 3.63) is 20.8 Å². The second-order valence-electron chi connectivity index (χ2n) is 6.76. The monoisotopic (exact) mass is 282 g/mol. The summed E-state index contributed by atoms with van der Waals surface area (Å²) in [7, 11) is 0. The Hall–Kier alpha value is -1.72. The van der Waals surface area contributed by atoms with Crippen LogP contribution in [0.15, 0.2) is 9.59 Å². The number of aromatic amines is 1. The van der Waals surface area contributed by atoms with Gasteiger partial charge in [-0.2, -0.15) is 0 Å². The lowest BCUT2D eigenvalue weighted by Crippen LogP contribution is -2.35. The molecule has 20 heavy (non-hydrogen) atoms. The Labute approximate surface area is 119 Å². The molecule has 0 bridgehead atoms. The van der Waals surface area contributed by atoms with E-state index in [0.29, 0.717) is 13.1 Å². The molecule has 0 aromatic carbocycles. The van der Waals surface area contributed by atoms with Crippen molar-refractivity contribution in [2.75, 3.05) is 17.6 Å². The lowest BCUT2D eigenvalue weighted by atomic mass is 9.92. The molecule has 0 unspecified atom stereocenters. The number of nitrogens with one attached hydrogen (secondary N) is 2. The van der Waals surface area contributed by atoms with E-state index in [-0.39, 0.29) is 22.8 Å². The zero-order chi connectivity index (χ0) is 15.5. The van der Waals surface area contributed by atoms with E-state index in [1.54, 1.807) is 0 Å². The van der Waals surface area contributed by atoms with E-state index in [9.17, 15) is 9.59 Å². The Morgan fingerprint density at radius 3 is 2.40 bits per heavy atom. The first-order chi connectivity index (χ1) is 9.11. The van der Waals surface area contributed by atoms with Crippen LogP contribution >= 0.6 is 0 Å². The minimum Gasteiger partial charge on any atom is -0.383 e. The highest BCUT2D eigenvalue weighted by molar-refractivity contribution is 5.60. The minimum absolute atomic E-state index is 0.168. The largest absolute Gasteiger partial charge is 0.383 e. The molecule has 0 saturated heterocycles. The number of nitrogens with zero attached hydrogens (tertiary/aromatic N) is 1. The number of nitrogens with two attached hydrogens (primary N) is 1. The van der Waals surface area contributed by atoms with Gasteiger partial charge in [-0.3, -0.25) is 14.3 Å².